The maximum Gasteiger partial charge on any atom is 0.230 e. The van der Waals surface area contributed by atoms with Gasteiger partial charge < -0.3 is 9.42 Å². The maximum absolute atomic E-state index is 5.96. The molecule has 0 bridgehead atoms. The maximum atomic E-state index is 5.96. The minimum atomic E-state index is 0.257. The van der Waals surface area contributed by atoms with Crippen LogP contribution < -0.4 is 4.90 Å². The largest absolute Gasteiger partial charge is 0.347 e. The van der Waals surface area contributed by atoms with Crippen molar-refractivity contribution in [3.05, 3.63) is 70.1 Å². The van der Waals surface area contributed by atoms with E-state index in [9.17, 15) is 0 Å². The fraction of sp³-hybridized carbons (Fsp3) is 0.286. The summed E-state index contributed by atoms with van der Waals surface area (Å²) in [4.78, 5) is 11.1. The van der Waals surface area contributed by atoms with Crippen LogP contribution in [0, 0.1) is 0 Å². The van der Waals surface area contributed by atoms with Crippen LogP contribution in [0.25, 0.3) is 11.5 Å². The quantitative estimate of drug-likeness (QED) is 0.450. The summed E-state index contributed by atoms with van der Waals surface area (Å²) in [7, 11) is 0. The van der Waals surface area contributed by atoms with E-state index in [1.165, 1.54) is 5.56 Å². The minimum absolute atomic E-state index is 0.257. The topological polar surface area (TPSA) is 80.8 Å². The molecule has 4 aromatic rings. The van der Waals surface area contributed by atoms with Crippen molar-refractivity contribution in [2.75, 3.05) is 18.0 Å². The summed E-state index contributed by atoms with van der Waals surface area (Å²) in [6.07, 6.45) is 4.38. The van der Waals surface area contributed by atoms with E-state index in [-0.39, 0.29) is 5.92 Å². The molecular formula is C21H19ClN6OS. The van der Waals surface area contributed by atoms with Crippen molar-refractivity contribution in [1.82, 2.24) is 25.3 Å². The number of anilines is 1. The van der Waals surface area contributed by atoms with Gasteiger partial charge in [-0.25, -0.2) is 0 Å². The van der Waals surface area contributed by atoms with Crippen LogP contribution in [0.2, 0.25) is 5.02 Å². The molecule has 152 valence electrons. The van der Waals surface area contributed by atoms with Gasteiger partial charge in [0.2, 0.25) is 16.8 Å². The Morgan fingerprint density at radius 3 is 2.67 bits per heavy atom. The van der Waals surface area contributed by atoms with Crippen LogP contribution in [0.1, 0.15) is 35.2 Å². The molecule has 1 aliphatic rings. The summed E-state index contributed by atoms with van der Waals surface area (Å²) in [5.41, 5.74) is 1.91. The highest BCUT2D eigenvalue weighted by atomic mass is 35.5. The van der Waals surface area contributed by atoms with Gasteiger partial charge >= 0.3 is 0 Å². The van der Waals surface area contributed by atoms with Gasteiger partial charge in [-0.3, -0.25) is 4.98 Å². The smallest absolute Gasteiger partial charge is 0.230 e. The van der Waals surface area contributed by atoms with Crippen molar-refractivity contribution >= 4 is 28.1 Å². The average molecular weight is 439 g/mol. The number of nitrogens with zero attached hydrogens (tertiary/aromatic N) is 6. The van der Waals surface area contributed by atoms with Gasteiger partial charge in [-0.1, -0.05) is 46.3 Å². The molecule has 0 N–H and O–H groups in total. The van der Waals surface area contributed by atoms with Crippen LogP contribution in [0.5, 0.6) is 0 Å². The summed E-state index contributed by atoms with van der Waals surface area (Å²) in [5, 5.41) is 15.6. The van der Waals surface area contributed by atoms with Gasteiger partial charge in [0.15, 0.2) is 0 Å². The van der Waals surface area contributed by atoms with E-state index in [0.29, 0.717) is 11.7 Å². The van der Waals surface area contributed by atoms with E-state index in [2.05, 4.69) is 30.2 Å². The molecule has 0 amide bonds. The summed E-state index contributed by atoms with van der Waals surface area (Å²) >= 11 is 7.61. The lowest BCUT2D eigenvalue weighted by Crippen LogP contribution is -2.32. The van der Waals surface area contributed by atoms with Gasteiger partial charge in [-0.2, -0.15) is 4.98 Å². The van der Waals surface area contributed by atoms with Gasteiger partial charge in [-0.05, 0) is 42.7 Å². The molecule has 0 atom stereocenters. The number of pyridine rings is 1. The third-order valence-corrected chi connectivity index (χ3v) is 6.41. The molecule has 5 rings (SSSR count). The van der Waals surface area contributed by atoms with Crippen LogP contribution >= 0.6 is 22.9 Å². The van der Waals surface area contributed by atoms with Crippen molar-refractivity contribution < 1.29 is 4.52 Å². The Morgan fingerprint density at radius 2 is 1.90 bits per heavy atom. The summed E-state index contributed by atoms with van der Waals surface area (Å²) in [6, 6.07) is 13.5. The molecule has 7 nitrogen and oxygen atoms in total. The van der Waals surface area contributed by atoms with Gasteiger partial charge in [0, 0.05) is 36.6 Å². The lowest BCUT2D eigenvalue weighted by atomic mass is 9.97. The molecule has 0 spiro atoms. The van der Waals surface area contributed by atoms with E-state index in [1.807, 2.05) is 42.5 Å². The third-order valence-electron chi connectivity index (χ3n) is 5.18. The Morgan fingerprint density at radius 1 is 1.07 bits per heavy atom. The van der Waals surface area contributed by atoms with E-state index in [4.69, 9.17) is 16.1 Å². The Labute approximate surface area is 182 Å². The Bertz CT molecular complexity index is 1110. The number of halogens is 1. The van der Waals surface area contributed by atoms with Crippen molar-refractivity contribution in [2.24, 2.45) is 0 Å². The molecule has 1 aliphatic heterocycles. The Hall–Kier alpha value is -2.84. The lowest BCUT2D eigenvalue weighted by Gasteiger charge is -2.29. The van der Waals surface area contributed by atoms with E-state index in [1.54, 1.807) is 17.5 Å². The monoisotopic (exact) mass is 438 g/mol. The van der Waals surface area contributed by atoms with Crippen LogP contribution in [0.3, 0.4) is 0 Å². The predicted molar refractivity (Wildman–Crippen MR) is 116 cm³/mol. The van der Waals surface area contributed by atoms with Gasteiger partial charge in [0.05, 0.1) is 0 Å². The highest BCUT2D eigenvalue weighted by Gasteiger charge is 2.27. The number of piperidine rings is 1. The zero-order valence-corrected chi connectivity index (χ0v) is 17.7. The standard InChI is InChI=1S/C21H19ClN6OS/c22-16-6-4-14(5-7-16)13-18-25-26-21(30-18)28-11-8-15(9-12-28)20-24-19(27-29-20)17-3-1-2-10-23-17/h1-7,10,15H,8-9,11-13H2. The number of aromatic nitrogens is 5. The van der Waals surface area contributed by atoms with Crippen LogP contribution in [0.15, 0.2) is 53.2 Å². The van der Waals surface area contributed by atoms with Gasteiger partial charge in [0.1, 0.15) is 10.7 Å². The molecular weight excluding hydrogens is 420 g/mol. The molecule has 4 heterocycles. The second-order valence-corrected chi connectivity index (χ2v) is 8.69. The SMILES string of the molecule is Clc1ccc(Cc2nnc(N3CCC(c4nc(-c5ccccn5)no4)CC3)s2)cc1. The first-order valence-corrected chi connectivity index (χ1v) is 11.0. The van der Waals surface area contributed by atoms with Crippen LogP contribution in [-0.2, 0) is 6.42 Å². The molecule has 30 heavy (non-hydrogen) atoms. The number of hydrogen-bond acceptors (Lipinski definition) is 8. The van der Waals surface area contributed by atoms with Gasteiger partial charge in [0.25, 0.3) is 0 Å². The van der Waals surface area contributed by atoms with Crippen LogP contribution in [-0.4, -0.2) is 38.4 Å². The number of rotatable bonds is 5. The predicted octanol–water partition coefficient (Wildman–Crippen LogP) is 4.61. The first-order chi connectivity index (χ1) is 14.7. The molecule has 1 fully saturated rings. The van der Waals surface area contributed by atoms with E-state index in [0.717, 1.165) is 53.2 Å². The van der Waals surface area contributed by atoms with E-state index < -0.39 is 0 Å². The fourth-order valence-corrected chi connectivity index (χ4v) is 4.59. The van der Waals surface area contributed by atoms with E-state index >= 15 is 0 Å². The van der Waals surface area contributed by atoms with Crippen molar-refractivity contribution in [3.8, 4) is 11.5 Å². The Balaban J connectivity index is 1.20. The minimum Gasteiger partial charge on any atom is -0.347 e. The second-order valence-electron chi connectivity index (χ2n) is 7.21. The van der Waals surface area contributed by atoms with Crippen LogP contribution in [0.4, 0.5) is 5.13 Å². The summed E-state index contributed by atoms with van der Waals surface area (Å²) in [6.45, 7) is 1.78. The first kappa shape index (κ1) is 19.1. The molecule has 0 unspecified atom stereocenters. The normalized spacial score (nSPS) is 14.9. The molecule has 1 aromatic carbocycles. The second kappa shape index (κ2) is 8.49. The number of benzene rings is 1. The fourth-order valence-electron chi connectivity index (χ4n) is 3.54. The highest BCUT2D eigenvalue weighted by molar-refractivity contribution is 7.15. The molecule has 0 radical (unpaired) electrons. The third kappa shape index (κ3) is 4.20. The van der Waals surface area contributed by atoms with Gasteiger partial charge in [-0.15, -0.1) is 10.2 Å². The molecule has 0 aliphatic carbocycles. The zero-order valence-electron chi connectivity index (χ0n) is 16.1. The molecule has 9 heteroatoms. The molecule has 3 aromatic heterocycles. The molecule has 0 saturated carbocycles. The van der Waals surface area contributed by atoms with Crippen molar-refractivity contribution in [1.29, 1.82) is 0 Å². The average Bonchev–Trinajstić information content (AvgIpc) is 3.46. The van der Waals surface area contributed by atoms with Crippen molar-refractivity contribution in [3.63, 3.8) is 0 Å². The summed E-state index contributed by atoms with van der Waals surface area (Å²) in [5.74, 6) is 1.49. The lowest BCUT2D eigenvalue weighted by molar-refractivity contribution is 0.329. The summed E-state index contributed by atoms with van der Waals surface area (Å²) < 4.78 is 5.52. The first-order valence-electron chi connectivity index (χ1n) is 9.81. The highest BCUT2D eigenvalue weighted by Crippen LogP contribution is 2.32. The molecule has 1 saturated heterocycles. The number of hydrogen-bond donors (Lipinski definition) is 0. The Kier molecular flexibility index (Phi) is 5.42. The zero-order chi connectivity index (χ0) is 20.3. The van der Waals surface area contributed by atoms with Crippen molar-refractivity contribution in [2.45, 2.75) is 25.2 Å².